The lowest BCUT2D eigenvalue weighted by Crippen LogP contribution is -2.43. The second kappa shape index (κ2) is 11.0. The Bertz CT molecular complexity index is 1300. The fourth-order valence-corrected chi connectivity index (χ4v) is 5.90. The molecule has 4 rings (SSSR count). The Hall–Kier alpha value is -3.30. The molecule has 0 aliphatic carbocycles. The van der Waals surface area contributed by atoms with Gasteiger partial charge in [0.2, 0.25) is 15.9 Å². The molecule has 7 nitrogen and oxygen atoms in total. The Balaban J connectivity index is 1.38. The number of amides is 1. The first kappa shape index (κ1) is 24.8. The standard InChI is InChI=1S/C26H28FN3O4S/c1-19-25(24(34-29-19)12-11-21-9-5-6-10-23(21)27)35(32,33)30-17-14-22(15-18-30)26(31)28-16-13-20-7-3-2-4-8-20/h2-12,22H,13-18H2,1H3,(H,28,31). The molecule has 2 aromatic carbocycles. The Kier molecular flexibility index (Phi) is 7.77. The molecule has 2 heterocycles. The van der Waals surface area contributed by atoms with Crippen LogP contribution in [0, 0.1) is 18.7 Å². The summed E-state index contributed by atoms with van der Waals surface area (Å²) in [5.41, 5.74) is 1.70. The fourth-order valence-electron chi connectivity index (χ4n) is 4.18. The molecular weight excluding hydrogens is 469 g/mol. The van der Waals surface area contributed by atoms with Crippen LogP contribution < -0.4 is 5.32 Å². The molecule has 3 aromatic rings. The van der Waals surface area contributed by atoms with Crippen molar-refractivity contribution >= 4 is 28.1 Å². The van der Waals surface area contributed by atoms with E-state index < -0.39 is 15.8 Å². The molecular formula is C26H28FN3O4S. The number of aryl methyl sites for hydroxylation is 1. The van der Waals surface area contributed by atoms with Gasteiger partial charge in [0.25, 0.3) is 0 Å². The number of hydrogen-bond donors (Lipinski definition) is 1. The van der Waals surface area contributed by atoms with Gasteiger partial charge in [0, 0.05) is 31.1 Å². The second-order valence-corrected chi connectivity index (χ2v) is 10.4. The van der Waals surface area contributed by atoms with Crippen LogP contribution in [0.15, 0.2) is 64.0 Å². The average molecular weight is 498 g/mol. The molecule has 0 atom stereocenters. The summed E-state index contributed by atoms with van der Waals surface area (Å²) < 4.78 is 47.3. The topological polar surface area (TPSA) is 92.5 Å². The van der Waals surface area contributed by atoms with Crippen LogP contribution in [0.1, 0.15) is 35.4 Å². The number of aromatic nitrogens is 1. The minimum absolute atomic E-state index is 0.0316. The zero-order valence-corrected chi connectivity index (χ0v) is 20.3. The highest BCUT2D eigenvalue weighted by Crippen LogP contribution is 2.29. The molecule has 1 aliphatic rings. The maximum atomic E-state index is 13.9. The maximum absolute atomic E-state index is 13.9. The van der Waals surface area contributed by atoms with E-state index in [2.05, 4.69) is 10.5 Å². The van der Waals surface area contributed by atoms with E-state index in [1.807, 2.05) is 30.3 Å². The van der Waals surface area contributed by atoms with Crippen LogP contribution >= 0.6 is 0 Å². The van der Waals surface area contributed by atoms with E-state index in [0.717, 1.165) is 12.0 Å². The van der Waals surface area contributed by atoms with Crippen molar-refractivity contribution in [2.45, 2.75) is 31.1 Å². The number of sulfonamides is 1. The van der Waals surface area contributed by atoms with E-state index >= 15 is 0 Å². The highest BCUT2D eigenvalue weighted by molar-refractivity contribution is 7.89. The second-order valence-electron chi connectivity index (χ2n) is 8.52. The molecule has 1 amide bonds. The van der Waals surface area contributed by atoms with Crippen molar-refractivity contribution in [1.29, 1.82) is 0 Å². The van der Waals surface area contributed by atoms with Gasteiger partial charge in [0.05, 0.1) is 0 Å². The Labute approximate surface area is 204 Å². The lowest BCUT2D eigenvalue weighted by atomic mass is 9.97. The number of carbonyl (C=O) groups excluding carboxylic acids is 1. The van der Waals surface area contributed by atoms with Crippen molar-refractivity contribution < 1.29 is 22.1 Å². The van der Waals surface area contributed by atoms with E-state index in [1.54, 1.807) is 25.1 Å². The minimum atomic E-state index is -3.90. The van der Waals surface area contributed by atoms with Gasteiger partial charge in [-0.2, -0.15) is 4.31 Å². The largest absolute Gasteiger partial charge is 0.356 e. The lowest BCUT2D eigenvalue weighted by molar-refractivity contribution is -0.126. The molecule has 0 bridgehead atoms. The van der Waals surface area contributed by atoms with Gasteiger partial charge in [-0.25, -0.2) is 12.8 Å². The third-order valence-corrected chi connectivity index (χ3v) is 8.19. The van der Waals surface area contributed by atoms with Gasteiger partial charge in [-0.05, 0) is 50.0 Å². The highest BCUT2D eigenvalue weighted by atomic mass is 32.2. The number of nitrogens with zero attached hydrogens (tertiary/aromatic N) is 2. The summed E-state index contributed by atoms with van der Waals surface area (Å²) in [6.45, 7) is 2.54. The fraction of sp³-hybridized carbons (Fsp3) is 0.308. The predicted molar refractivity (Wildman–Crippen MR) is 131 cm³/mol. The molecule has 0 unspecified atom stereocenters. The van der Waals surface area contributed by atoms with Crippen LogP contribution in [0.5, 0.6) is 0 Å². The summed E-state index contributed by atoms with van der Waals surface area (Å²) in [7, 11) is -3.90. The summed E-state index contributed by atoms with van der Waals surface area (Å²) in [5, 5.41) is 6.79. The van der Waals surface area contributed by atoms with Crippen LogP contribution in [-0.2, 0) is 21.2 Å². The van der Waals surface area contributed by atoms with Gasteiger partial charge in [-0.1, -0.05) is 53.7 Å². The monoisotopic (exact) mass is 497 g/mol. The lowest BCUT2D eigenvalue weighted by Gasteiger charge is -2.30. The van der Waals surface area contributed by atoms with Crippen molar-refractivity contribution in [3.8, 4) is 0 Å². The molecule has 35 heavy (non-hydrogen) atoms. The zero-order valence-electron chi connectivity index (χ0n) is 19.5. The van der Waals surface area contributed by atoms with Crippen molar-refractivity contribution in [2.75, 3.05) is 19.6 Å². The number of nitrogens with one attached hydrogen (secondary N) is 1. The van der Waals surface area contributed by atoms with Gasteiger partial charge in [-0.3, -0.25) is 4.79 Å². The van der Waals surface area contributed by atoms with Gasteiger partial charge < -0.3 is 9.84 Å². The Morgan fingerprint density at radius 3 is 2.51 bits per heavy atom. The molecule has 1 aliphatic heterocycles. The Morgan fingerprint density at radius 1 is 1.11 bits per heavy atom. The zero-order chi connectivity index (χ0) is 24.8. The van der Waals surface area contributed by atoms with Crippen LogP contribution in [0.2, 0.25) is 0 Å². The van der Waals surface area contributed by atoms with Crippen LogP contribution in [-0.4, -0.2) is 43.4 Å². The Morgan fingerprint density at radius 2 is 1.80 bits per heavy atom. The highest BCUT2D eigenvalue weighted by Gasteiger charge is 2.35. The summed E-state index contributed by atoms with van der Waals surface area (Å²) in [6.07, 6.45) is 4.48. The van der Waals surface area contributed by atoms with E-state index in [1.165, 1.54) is 22.5 Å². The van der Waals surface area contributed by atoms with Crippen LogP contribution in [0.25, 0.3) is 12.2 Å². The molecule has 0 radical (unpaired) electrons. The third-order valence-electron chi connectivity index (χ3n) is 6.13. The van der Waals surface area contributed by atoms with Gasteiger partial charge in [-0.15, -0.1) is 0 Å². The van der Waals surface area contributed by atoms with Gasteiger partial charge >= 0.3 is 0 Å². The quantitative estimate of drug-likeness (QED) is 0.507. The number of rotatable bonds is 8. The van der Waals surface area contributed by atoms with Gasteiger partial charge in [0.15, 0.2) is 10.7 Å². The molecule has 184 valence electrons. The van der Waals surface area contributed by atoms with Crippen molar-refractivity contribution in [3.63, 3.8) is 0 Å². The van der Waals surface area contributed by atoms with Gasteiger partial charge in [0.1, 0.15) is 11.5 Å². The molecule has 1 N–H and O–H groups in total. The summed E-state index contributed by atoms with van der Waals surface area (Å²) in [5.74, 6) is -0.658. The third kappa shape index (κ3) is 5.86. The van der Waals surface area contributed by atoms with E-state index in [-0.39, 0.29) is 41.3 Å². The van der Waals surface area contributed by atoms with E-state index in [9.17, 15) is 17.6 Å². The first-order chi connectivity index (χ1) is 16.9. The van der Waals surface area contributed by atoms with Crippen molar-refractivity contribution in [3.05, 3.63) is 83.0 Å². The molecule has 9 heteroatoms. The smallest absolute Gasteiger partial charge is 0.248 e. The number of hydrogen-bond acceptors (Lipinski definition) is 5. The summed E-state index contributed by atoms with van der Waals surface area (Å²) in [6, 6.07) is 16.1. The predicted octanol–water partition coefficient (Wildman–Crippen LogP) is 4.05. The number of halogens is 1. The molecule has 0 spiro atoms. The van der Waals surface area contributed by atoms with Crippen molar-refractivity contribution in [2.24, 2.45) is 5.92 Å². The normalized spacial score (nSPS) is 15.5. The summed E-state index contributed by atoms with van der Waals surface area (Å²) >= 11 is 0. The van der Waals surface area contributed by atoms with Crippen LogP contribution in [0.4, 0.5) is 4.39 Å². The number of piperidine rings is 1. The number of carbonyl (C=O) groups is 1. The molecule has 1 saturated heterocycles. The SMILES string of the molecule is Cc1noc(C=Cc2ccccc2F)c1S(=O)(=O)N1CCC(C(=O)NCCc2ccccc2)CC1. The van der Waals surface area contributed by atoms with Crippen LogP contribution in [0.3, 0.4) is 0 Å². The molecule has 1 fully saturated rings. The number of benzene rings is 2. The maximum Gasteiger partial charge on any atom is 0.248 e. The molecule has 1 aromatic heterocycles. The van der Waals surface area contributed by atoms with Crippen molar-refractivity contribution in [1.82, 2.24) is 14.8 Å². The summed E-state index contributed by atoms with van der Waals surface area (Å²) in [4.78, 5) is 12.6. The molecule has 0 saturated carbocycles. The average Bonchev–Trinajstić information content (AvgIpc) is 3.25. The van der Waals surface area contributed by atoms with E-state index in [4.69, 9.17) is 4.52 Å². The van der Waals surface area contributed by atoms with E-state index in [0.29, 0.717) is 24.9 Å². The first-order valence-corrected chi connectivity index (χ1v) is 13.0. The minimum Gasteiger partial charge on any atom is -0.356 e. The first-order valence-electron chi connectivity index (χ1n) is 11.6.